The molecule has 0 N–H and O–H groups in total. The van der Waals surface area contributed by atoms with E-state index in [0.717, 1.165) is 43.9 Å². The predicted octanol–water partition coefficient (Wildman–Crippen LogP) is 2.27. The molecule has 33 heavy (non-hydrogen) atoms. The van der Waals surface area contributed by atoms with Crippen LogP contribution in [-0.4, -0.2) is 78.2 Å². The van der Waals surface area contributed by atoms with E-state index in [4.69, 9.17) is 9.47 Å². The van der Waals surface area contributed by atoms with E-state index in [9.17, 15) is 9.59 Å². The van der Waals surface area contributed by atoms with E-state index in [1.54, 1.807) is 11.1 Å². The molecule has 2 aromatic rings. The van der Waals surface area contributed by atoms with E-state index >= 15 is 0 Å². The van der Waals surface area contributed by atoms with Gasteiger partial charge in [0, 0.05) is 50.7 Å². The van der Waals surface area contributed by atoms with Gasteiger partial charge < -0.3 is 19.3 Å². The second-order valence-electron chi connectivity index (χ2n) is 9.28. The van der Waals surface area contributed by atoms with Crippen LogP contribution in [0.5, 0.6) is 0 Å². The molecule has 7 nitrogen and oxygen atoms in total. The van der Waals surface area contributed by atoms with Gasteiger partial charge in [-0.2, -0.15) is 0 Å². The first-order valence-corrected chi connectivity index (χ1v) is 11.9. The molecule has 7 heteroatoms. The minimum atomic E-state index is -1.04. The number of ether oxygens (including phenoxy) is 2. The third-order valence-corrected chi connectivity index (χ3v) is 7.19. The molecule has 5 rings (SSSR count). The summed E-state index contributed by atoms with van der Waals surface area (Å²) >= 11 is 0. The number of likely N-dealkylation sites (tertiary alicyclic amines) is 1. The smallest absolute Gasteiger partial charge is 0.257 e. The number of carbonyl (C=O) groups is 2. The first kappa shape index (κ1) is 22.0. The molecule has 3 aliphatic rings. The highest BCUT2D eigenvalue weighted by atomic mass is 16.5. The molecule has 1 aromatic heterocycles. The number of benzene rings is 1. The van der Waals surface area contributed by atoms with E-state index in [0.29, 0.717) is 25.6 Å². The van der Waals surface area contributed by atoms with E-state index in [1.165, 1.54) is 0 Å². The molecule has 0 radical (unpaired) electrons. The Balaban J connectivity index is 1.39. The number of morpholine rings is 1. The van der Waals surface area contributed by atoms with Gasteiger partial charge in [0.25, 0.3) is 5.91 Å². The maximum absolute atomic E-state index is 13.9. The van der Waals surface area contributed by atoms with Gasteiger partial charge in [0.15, 0.2) is 5.60 Å². The minimum Gasteiger partial charge on any atom is -0.381 e. The fraction of sp³-hybridized carbons (Fsp3) is 0.500. The monoisotopic (exact) mass is 449 g/mol. The van der Waals surface area contributed by atoms with Crippen LogP contribution in [0.2, 0.25) is 0 Å². The Morgan fingerprint density at radius 2 is 1.85 bits per heavy atom. The second kappa shape index (κ2) is 9.61. The van der Waals surface area contributed by atoms with E-state index in [-0.39, 0.29) is 30.7 Å². The highest BCUT2D eigenvalue weighted by Gasteiger charge is 2.58. The normalized spacial score (nSPS) is 26.2. The summed E-state index contributed by atoms with van der Waals surface area (Å²) < 4.78 is 11.8. The van der Waals surface area contributed by atoms with Gasteiger partial charge in [0.2, 0.25) is 5.91 Å². The summed E-state index contributed by atoms with van der Waals surface area (Å²) in [4.78, 5) is 35.1. The van der Waals surface area contributed by atoms with Crippen LogP contribution in [0.4, 0.5) is 0 Å². The van der Waals surface area contributed by atoms with Crippen molar-refractivity contribution in [2.24, 2.45) is 5.92 Å². The zero-order valence-electron chi connectivity index (χ0n) is 18.9. The van der Waals surface area contributed by atoms with Crippen molar-refractivity contribution in [3.63, 3.8) is 0 Å². The highest BCUT2D eigenvalue weighted by molar-refractivity contribution is 5.91. The van der Waals surface area contributed by atoms with Crippen LogP contribution in [0.15, 0.2) is 54.7 Å². The molecule has 0 bridgehead atoms. The Labute approximate surface area is 194 Å². The van der Waals surface area contributed by atoms with Crippen LogP contribution in [0.1, 0.15) is 30.0 Å². The van der Waals surface area contributed by atoms with Gasteiger partial charge in [-0.3, -0.25) is 14.6 Å². The lowest BCUT2D eigenvalue weighted by molar-refractivity contribution is -0.167. The minimum absolute atomic E-state index is 0.0122. The summed E-state index contributed by atoms with van der Waals surface area (Å²) in [7, 11) is 0. The molecule has 3 fully saturated rings. The molecule has 4 heterocycles. The van der Waals surface area contributed by atoms with Gasteiger partial charge in [-0.15, -0.1) is 0 Å². The van der Waals surface area contributed by atoms with Gasteiger partial charge in [-0.1, -0.05) is 36.4 Å². The van der Waals surface area contributed by atoms with Crippen LogP contribution in [0.3, 0.4) is 0 Å². The quantitative estimate of drug-likeness (QED) is 0.700. The van der Waals surface area contributed by atoms with Crippen molar-refractivity contribution in [1.82, 2.24) is 14.8 Å². The summed E-state index contributed by atoms with van der Waals surface area (Å²) in [6, 6.07) is 15.7. The van der Waals surface area contributed by atoms with E-state index in [1.807, 2.05) is 41.3 Å². The molecule has 0 saturated carbocycles. The lowest BCUT2D eigenvalue weighted by atomic mass is 9.83. The molecule has 1 spiro atoms. The van der Waals surface area contributed by atoms with Crippen LogP contribution in [-0.2, 0) is 25.5 Å². The van der Waals surface area contributed by atoms with Crippen LogP contribution in [0, 0.1) is 5.92 Å². The molecule has 3 aliphatic heterocycles. The van der Waals surface area contributed by atoms with Crippen molar-refractivity contribution in [2.45, 2.75) is 30.8 Å². The summed E-state index contributed by atoms with van der Waals surface area (Å²) in [5.41, 5.74) is 0.783. The van der Waals surface area contributed by atoms with Crippen molar-refractivity contribution in [1.29, 1.82) is 0 Å². The Bertz CT molecular complexity index is 964. The largest absolute Gasteiger partial charge is 0.381 e. The van der Waals surface area contributed by atoms with Crippen LogP contribution in [0.25, 0.3) is 0 Å². The average molecular weight is 450 g/mol. The molecule has 174 valence electrons. The van der Waals surface area contributed by atoms with Gasteiger partial charge in [0.1, 0.15) is 0 Å². The number of nitrogens with zero attached hydrogens (tertiary/aromatic N) is 3. The van der Waals surface area contributed by atoms with Gasteiger partial charge in [-0.05, 0) is 36.5 Å². The van der Waals surface area contributed by atoms with Crippen molar-refractivity contribution < 1.29 is 19.1 Å². The third kappa shape index (κ3) is 4.52. The summed E-state index contributed by atoms with van der Waals surface area (Å²) in [6.07, 6.45) is 3.88. The second-order valence-corrected chi connectivity index (χ2v) is 9.28. The van der Waals surface area contributed by atoms with Gasteiger partial charge in [-0.25, -0.2) is 0 Å². The molecule has 0 unspecified atom stereocenters. The summed E-state index contributed by atoms with van der Waals surface area (Å²) in [6.45, 7) is 3.97. The van der Waals surface area contributed by atoms with Crippen molar-refractivity contribution in [3.05, 3.63) is 66.0 Å². The molecule has 2 amide bonds. The third-order valence-electron chi connectivity index (χ3n) is 7.19. The first-order valence-electron chi connectivity index (χ1n) is 11.9. The standard InChI is InChI=1S/C26H31N3O4/c30-24(16-22-8-4-5-11-27-22)28-12-15-33-26(19-28)23(21-6-2-1-3-7-21)18-29(25(26)31)17-20-9-13-32-14-10-20/h1-8,11,20,23H,9-10,12-19H2/t23-,26-/m0/s1. The van der Waals surface area contributed by atoms with E-state index < -0.39 is 5.60 Å². The van der Waals surface area contributed by atoms with Crippen molar-refractivity contribution >= 4 is 11.8 Å². The topological polar surface area (TPSA) is 72.0 Å². The Morgan fingerprint density at radius 3 is 2.61 bits per heavy atom. The maximum Gasteiger partial charge on any atom is 0.257 e. The molecular weight excluding hydrogens is 418 g/mol. The Hall–Kier alpha value is -2.77. The number of carbonyl (C=O) groups excluding carboxylic acids is 2. The van der Waals surface area contributed by atoms with Crippen LogP contribution < -0.4 is 0 Å². The fourth-order valence-electron chi connectivity index (χ4n) is 5.39. The maximum atomic E-state index is 13.9. The summed E-state index contributed by atoms with van der Waals surface area (Å²) in [5.74, 6) is 0.327. The van der Waals surface area contributed by atoms with Crippen molar-refractivity contribution in [2.75, 3.05) is 46.0 Å². The lowest BCUT2D eigenvalue weighted by Crippen LogP contribution is -2.60. The van der Waals surface area contributed by atoms with E-state index in [2.05, 4.69) is 17.1 Å². The fourth-order valence-corrected chi connectivity index (χ4v) is 5.39. The zero-order chi connectivity index (χ0) is 22.7. The number of hydrogen-bond acceptors (Lipinski definition) is 5. The lowest BCUT2D eigenvalue weighted by Gasteiger charge is -2.42. The van der Waals surface area contributed by atoms with Crippen LogP contribution >= 0.6 is 0 Å². The van der Waals surface area contributed by atoms with Crippen molar-refractivity contribution in [3.8, 4) is 0 Å². The van der Waals surface area contributed by atoms with Gasteiger partial charge in [0.05, 0.1) is 19.6 Å². The number of hydrogen-bond donors (Lipinski definition) is 0. The zero-order valence-corrected chi connectivity index (χ0v) is 18.9. The Morgan fingerprint density at radius 1 is 1.06 bits per heavy atom. The molecule has 0 aliphatic carbocycles. The van der Waals surface area contributed by atoms with Gasteiger partial charge >= 0.3 is 0 Å². The average Bonchev–Trinajstić information content (AvgIpc) is 3.11. The molecule has 1 aromatic carbocycles. The first-order chi connectivity index (χ1) is 16.2. The Kier molecular flexibility index (Phi) is 6.42. The number of aromatic nitrogens is 1. The molecule has 3 saturated heterocycles. The highest BCUT2D eigenvalue weighted by Crippen LogP contribution is 2.42. The number of pyridine rings is 1. The summed E-state index contributed by atoms with van der Waals surface area (Å²) in [5, 5.41) is 0. The number of amides is 2. The predicted molar refractivity (Wildman–Crippen MR) is 123 cm³/mol. The molecular formula is C26H31N3O4. The number of rotatable bonds is 5. The molecule has 2 atom stereocenters. The SMILES string of the molecule is O=C(Cc1ccccn1)N1CCO[C@]2(C1)C(=O)N(CC1CCOCC1)C[C@H]2c1ccccc1.